The average Bonchev–Trinajstić information content (AvgIpc) is 1.20. The molecule has 4 N–H and O–H groups in total. The highest BCUT2D eigenvalue weighted by molar-refractivity contribution is 6.21. The van der Waals surface area contributed by atoms with Gasteiger partial charge in [0.25, 0.3) is 0 Å². The van der Waals surface area contributed by atoms with Crippen molar-refractivity contribution in [3.05, 3.63) is 0 Å². The zero-order chi connectivity index (χ0) is 78.1. The Kier molecular flexibility index (Phi) is 32.7. The van der Waals surface area contributed by atoms with Crippen LogP contribution in [0.15, 0.2) is 0 Å². The van der Waals surface area contributed by atoms with Gasteiger partial charge in [0.15, 0.2) is 0 Å². The number of carbonyl (C=O) groups excluding carboxylic acids is 12. The Hall–Kier alpha value is -6.32. The summed E-state index contributed by atoms with van der Waals surface area (Å²) in [6.45, 7) is 7.76. The maximum Gasteiger partial charge on any atom is 0.393 e. The number of rotatable bonds is 13. The maximum atomic E-state index is 16.0. The Morgan fingerprint density at radius 1 is 0.547 bits per heavy atom. The predicted molar refractivity (Wildman–Crippen MR) is 397 cm³/mol. The molecule has 3 aliphatic heterocycles. The van der Waals surface area contributed by atoms with Crippen LogP contribution in [0, 0.1) is 41.4 Å². The van der Waals surface area contributed by atoms with Gasteiger partial charge in [-0.05, 0) is 158 Å². The molecule has 0 aromatic carbocycles. The predicted octanol–water partition coefficient (Wildman–Crippen LogP) is 6.71. The van der Waals surface area contributed by atoms with Crippen LogP contribution in [-0.4, -0.2) is 277 Å². The summed E-state index contributed by atoms with van der Waals surface area (Å²) in [7, 11) is 11.6. The molecule has 1 spiro atoms. The van der Waals surface area contributed by atoms with Gasteiger partial charge in [-0.15, -0.1) is 11.6 Å². The summed E-state index contributed by atoms with van der Waals surface area (Å²) < 4.78 is 42.4. The van der Waals surface area contributed by atoms with Gasteiger partial charge < -0.3 is 65.4 Å². The lowest BCUT2D eigenvalue weighted by Crippen LogP contribution is -2.65. The number of amides is 12. The number of likely N-dealkylation sites (N-methyl/N-ethyl adjacent to an activating group) is 8. The van der Waals surface area contributed by atoms with E-state index in [1.54, 1.807) is 18.9 Å². The molecule has 7 fully saturated rings. The molecule has 0 aromatic heterocycles. The van der Waals surface area contributed by atoms with E-state index in [2.05, 4.69) is 21.3 Å². The van der Waals surface area contributed by atoms with E-state index in [0.29, 0.717) is 84.0 Å². The van der Waals surface area contributed by atoms with E-state index in [0.717, 1.165) is 62.7 Å². The third kappa shape index (κ3) is 22.9. The summed E-state index contributed by atoms with van der Waals surface area (Å²) >= 11 is 6.47. The van der Waals surface area contributed by atoms with E-state index in [-0.39, 0.29) is 87.9 Å². The van der Waals surface area contributed by atoms with Crippen molar-refractivity contribution in [2.24, 2.45) is 41.4 Å². The van der Waals surface area contributed by atoms with Gasteiger partial charge in [0, 0.05) is 74.8 Å². The van der Waals surface area contributed by atoms with Crippen LogP contribution in [-0.2, 0) is 57.5 Å². The van der Waals surface area contributed by atoms with Crippen LogP contribution in [0.5, 0.6) is 0 Å². The third-order valence-corrected chi connectivity index (χ3v) is 25.2. The average molecular weight is 1520 g/mol. The quantitative estimate of drug-likeness (QED) is 0.140. The molecule has 600 valence electrons. The largest absolute Gasteiger partial charge is 0.393 e. The van der Waals surface area contributed by atoms with Crippen LogP contribution in [0.2, 0.25) is 0 Å². The molecular formula is C77H127ClF3N13O12. The highest BCUT2D eigenvalue weighted by atomic mass is 35.5. The van der Waals surface area contributed by atoms with Crippen LogP contribution >= 0.6 is 11.6 Å². The number of hydrogen-bond donors (Lipinski definition) is 4. The van der Waals surface area contributed by atoms with Gasteiger partial charge in [-0.1, -0.05) is 98.3 Å². The molecule has 29 heteroatoms. The maximum absolute atomic E-state index is 16.0. The number of halogens is 4. The minimum Gasteiger partial charge on any atom is -0.343 e. The molecule has 11 atom stereocenters. The van der Waals surface area contributed by atoms with Crippen molar-refractivity contribution in [3.63, 3.8) is 0 Å². The zero-order valence-corrected chi connectivity index (χ0v) is 66.3. The fourth-order valence-corrected chi connectivity index (χ4v) is 18.1. The molecule has 4 aliphatic carbocycles. The Bertz CT molecular complexity index is 3030. The number of piperidine rings is 2. The fraction of sp³-hybridized carbons (Fsp3) is 0.844. The van der Waals surface area contributed by atoms with Crippen molar-refractivity contribution >= 4 is 82.5 Å². The highest BCUT2D eigenvalue weighted by Gasteiger charge is 2.52. The normalized spacial score (nSPS) is 29.6. The van der Waals surface area contributed by atoms with Gasteiger partial charge in [0.1, 0.15) is 47.8 Å². The molecule has 0 bridgehead atoms. The second-order valence-corrected chi connectivity index (χ2v) is 33.5. The molecule has 106 heavy (non-hydrogen) atoms. The number of carbonyl (C=O) groups is 12. The summed E-state index contributed by atoms with van der Waals surface area (Å²) in [4.78, 5) is 194. The lowest BCUT2D eigenvalue weighted by molar-refractivity contribution is -0.182. The minimum absolute atomic E-state index is 0.00895. The summed E-state index contributed by atoms with van der Waals surface area (Å²) in [6.07, 6.45) is 8.64. The summed E-state index contributed by atoms with van der Waals surface area (Å²) in [6, 6.07) is -8.72. The van der Waals surface area contributed by atoms with E-state index < -0.39 is 174 Å². The molecule has 3 saturated heterocycles. The van der Waals surface area contributed by atoms with E-state index in [9.17, 15) is 37.1 Å². The first kappa shape index (κ1) is 86.9. The first-order valence-corrected chi connectivity index (χ1v) is 40.2. The SMILES string of the molecule is CC[C@H](C)[C@@H]1NC(=O)[C@H](CC(C)C)N(C)C(=O)C[C@@H](C(=O)N2CCCCC2)N(C)C(=O)[C@H](C2CCCCC2)N(C)C(=O)C2(CCCC2)NC(=O)[C@H](CC2CCNCC2)N(C)C(=O)[C@H](CCC2CCC(C(F)(F)F)C(Cl)C2)NC(=O)CN(C)C(=O)[C@H](CC2CCCCC2)N(C)C(=O)CN(C)C(=O)CN(C)C1=O. The molecular weight excluding hydrogens is 1390 g/mol. The number of hydrogen-bond acceptors (Lipinski definition) is 13. The smallest absolute Gasteiger partial charge is 0.343 e. The van der Waals surface area contributed by atoms with Crippen molar-refractivity contribution in [3.8, 4) is 0 Å². The lowest BCUT2D eigenvalue weighted by Gasteiger charge is -2.44. The molecule has 12 amide bonds. The Labute approximate surface area is 632 Å². The van der Waals surface area contributed by atoms with Crippen LogP contribution in [0.4, 0.5) is 13.2 Å². The second-order valence-electron chi connectivity index (χ2n) is 32.9. The van der Waals surface area contributed by atoms with E-state index in [4.69, 9.17) is 11.6 Å². The van der Waals surface area contributed by atoms with Crippen LogP contribution in [0.3, 0.4) is 0 Å². The summed E-state index contributed by atoms with van der Waals surface area (Å²) in [5.41, 5.74) is -1.59. The number of likely N-dealkylation sites (tertiary alicyclic amines) is 1. The number of nitrogens with zero attached hydrogens (tertiary/aromatic N) is 9. The van der Waals surface area contributed by atoms with Gasteiger partial charge in [-0.2, -0.15) is 13.2 Å². The van der Waals surface area contributed by atoms with Crippen LogP contribution in [0.25, 0.3) is 0 Å². The topological polar surface area (TPSA) is 282 Å². The van der Waals surface area contributed by atoms with Gasteiger partial charge >= 0.3 is 6.18 Å². The van der Waals surface area contributed by atoms with Crippen molar-refractivity contribution in [1.29, 1.82) is 0 Å². The van der Waals surface area contributed by atoms with Gasteiger partial charge in [0.05, 0.1) is 32.0 Å². The van der Waals surface area contributed by atoms with E-state index in [1.165, 1.54) is 83.6 Å². The van der Waals surface area contributed by atoms with Gasteiger partial charge in [-0.25, -0.2) is 0 Å². The Morgan fingerprint density at radius 3 is 1.71 bits per heavy atom. The van der Waals surface area contributed by atoms with Crippen molar-refractivity contribution < 1.29 is 70.7 Å². The van der Waals surface area contributed by atoms with Gasteiger partial charge in [-0.3, -0.25) is 57.5 Å². The molecule has 3 heterocycles. The molecule has 3 unspecified atom stereocenters. The lowest BCUT2D eigenvalue weighted by atomic mass is 9.78. The third-order valence-electron chi connectivity index (χ3n) is 24.7. The molecule has 4 saturated carbocycles. The highest BCUT2D eigenvalue weighted by Crippen LogP contribution is 2.44. The minimum atomic E-state index is -4.52. The molecule has 25 nitrogen and oxygen atoms in total. The zero-order valence-electron chi connectivity index (χ0n) is 65.6. The fourth-order valence-electron chi connectivity index (χ4n) is 17.6. The Balaban J connectivity index is 1.32. The number of alkyl halides is 4. The van der Waals surface area contributed by atoms with Crippen molar-refractivity contribution in [2.75, 3.05) is 102 Å². The first-order chi connectivity index (χ1) is 50.1. The number of nitrogens with one attached hydrogen (secondary N) is 4. The second kappa shape index (κ2) is 39.9. The monoisotopic (exact) mass is 1520 g/mol. The van der Waals surface area contributed by atoms with Crippen LogP contribution < -0.4 is 21.3 Å². The van der Waals surface area contributed by atoms with E-state index >= 15 is 33.6 Å². The standard InChI is InChI=1S/C77H127ClF3N13O12/c1-13-50(4)66-73(104)88(7)47-64(97)86(5)48-65(98)90(9)60(44-51-25-17-14-18-26-51)71(102)87(6)46-62(95)83-57(32-30-52-29-31-55(56(78)42-52)77(79,80)81)70(101)91(10)59(43-53-33-37-82-38-34-53)69(100)85-76(35-21-22-36-76)75(106)93(12)67(54-27-19-15-20-28-54)74(105)92(11)61(72(103)94-39-23-16-24-40-94)45-63(96)89(8)58(41-49(2)3)68(99)84-66/h49-61,66-67,82H,13-48H2,1-12H3,(H,83,95)(H,84,99)(H,85,100)/t50-,52?,55?,56?,57-,58-,59-,60-,61-,66-,67-/m0/s1. The van der Waals surface area contributed by atoms with Crippen molar-refractivity contribution in [2.45, 2.75) is 273 Å². The Morgan fingerprint density at radius 2 is 1.11 bits per heavy atom. The molecule has 0 aromatic rings. The first-order valence-electron chi connectivity index (χ1n) is 39.8. The van der Waals surface area contributed by atoms with Crippen molar-refractivity contribution in [1.82, 2.24) is 65.4 Å². The van der Waals surface area contributed by atoms with Gasteiger partial charge in [0.2, 0.25) is 70.9 Å². The molecule has 7 rings (SSSR count). The summed E-state index contributed by atoms with van der Waals surface area (Å²) in [5.74, 6) is -10.7. The van der Waals surface area contributed by atoms with E-state index in [1.807, 2.05) is 20.8 Å². The molecule has 0 radical (unpaired) electrons. The van der Waals surface area contributed by atoms with Crippen LogP contribution in [0.1, 0.15) is 214 Å². The summed E-state index contributed by atoms with van der Waals surface area (Å²) in [5, 5.41) is 11.1. The molecule has 7 aliphatic rings.